The predicted octanol–water partition coefficient (Wildman–Crippen LogP) is -0.886. The molecule has 0 aromatic carbocycles. The molecule has 0 saturated carbocycles. The molecule has 0 amide bonds. The van der Waals surface area contributed by atoms with Gasteiger partial charge in [0.2, 0.25) is 11.6 Å². The van der Waals surface area contributed by atoms with Crippen LogP contribution in [0.2, 0.25) is 0 Å². The number of carbonyl (C=O) groups excluding carboxylic acids is 2. The van der Waals surface area contributed by atoms with E-state index in [0.29, 0.717) is 0 Å². The molecule has 0 unspecified atom stereocenters. The van der Waals surface area contributed by atoms with E-state index < -0.39 is 24.1 Å². The largest absolute Gasteiger partial charge is 0.478 e. The number of Topliss-reactive ketones (excluding diaryl/α,β-unsaturated/α-hetero) is 1. The average Bonchev–Trinajstić information content (AvgIpc) is 2.02. The smallest absolute Gasteiger partial charge is 0.331 e. The van der Waals surface area contributed by atoms with Crippen molar-refractivity contribution < 1.29 is 19.5 Å². The van der Waals surface area contributed by atoms with Gasteiger partial charge in [-0.1, -0.05) is 0 Å². The van der Waals surface area contributed by atoms with Crippen molar-refractivity contribution in [2.75, 3.05) is 6.54 Å². The lowest BCUT2D eigenvalue weighted by atomic mass is 10.2. The van der Waals surface area contributed by atoms with E-state index in [1.165, 1.54) is 6.92 Å². The summed E-state index contributed by atoms with van der Waals surface area (Å²) in [7, 11) is 0. The molecular weight excluding hydrogens is 162 g/mol. The maximum absolute atomic E-state index is 10.7. The molecular formula is C7H9NO4. The first kappa shape index (κ1) is 10.5. The Hall–Kier alpha value is -1.49. The van der Waals surface area contributed by atoms with Gasteiger partial charge < -0.3 is 10.8 Å². The highest BCUT2D eigenvalue weighted by Gasteiger charge is 2.10. The molecule has 0 aromatic rings. The zero-order chi connectivity index (χ0) is 9.72. The van der Waals surface area contributed by atoms with Crippen LogP contribution in [0, 0.1) is 0 Å². The minimum atomic E-state index is -1.23. The third kappa shape index (κ3) is 3.07. The molecule has 12 heavy (non-hydrogen) atoms. The molecule has 5 nitrogen and oxygen atoms in total. The zero-order valence-corrected chi connectivity index (χ0v) is 6.53. The minimum Gasteiger partial charge on any atom is -0.478 e. The Balaban J connectivity index is 4.44. The lowest BCUT2D eigenvalue weighted by Crippen LogP contribution is -2.22. The monoisotopic (exact) mass is 171 g/mol. The van der Waals surface area contributed by atoms with Crippen LogP contribution in [-0.2, 0) is 14.4 Å². The molecule has 0 bridgehead atoms. The first-order valence-corrected chi connectivity index (χ1v) is 3.18. The average molecular weight is 171 g/mol. The van der Waals surface area contributed by atoms with E-state index in [1.54, 1.807) is 0 Å². The van der Waals surface area contributed by atoms with E-state index in [9.17, 15) is 14.4 Å². The van der Waals surface area contributed by atoms with Crippen LogP contribution in [0.4, 0.5) is 0 Å². The van der Waals surface area contributed by atoms with Crippen LogP contribution in [-0.4, -0.2) is 29.2 Å². The molecule has 3 N–H and O–H groups in total. The molecule has 0 aliphatic heterocycles. The molecule has 0 aliphatic rings. The van der Waals surface area contributed by atoms with Crippen molar-refractivity contribution in [2.24, 2.45) is 5.73 Å². The van der Waals surface area contributed by atoms with Gasteiger partial charge in [-0.25, -0.2) is 4.79 Å². The maximum Gasteiger partial charge on any atom is 0.331 e. The Morgan fingerprint density at radius 3 is 2.25 bits per heavy atom. The van der Waals surface area contributed by atoms with E-state index >= 15 is 0 Å². The molecule has 5 heteroatoms. The second kappa shape index (κ2) is 4.40. The number of allylic oxidation sites excluding steroid dienone is 1. The molecule has 0 fully saturated rings. The van der Waals surface area contributed by atoms with Gasteiger partial charge in [-0.3, -0.25) is 9.59 Å². The molecule has 0 atom stereocenters. The molecule has 0 aliphatic carbocycles. The van der Waals surface area contributed by atoms with Crippen molar-refractivity contribution in [3.63, 3.8) is 0 Å². The molecule has 0 spiro atoms. The number of ketones is 2. The van der Waals surface area contributed by atoms with E-state index in [1.807, 2.05) is 0 Å². The summed E-state index contributed by atoms with van der Waals surface area (Å²) in [6, 6.07) is 0. The van der Waals surface area contributed by atoms with E-state index in [-0.39, 0.29) is 5.57 Å². The fourth-order valence-corrected chi connectivity index (χ4v) is 0.439. The van der Waals surface area contributed by atoms with E-state index in [0.717, 1.165) is 6.08 Å². The minimum absolute atomic E-state index is 0.179. The highest BCUT2D eigenvalue weighted by molar-refractivity contribution is 6.42. The number of carboxylic acid groups (broad SMARTS) is 1. The van der Waals surface area contributed by atoms with Crippen LogP contribution in [0.5, 0.6) is 0 Å². The van der Waals surface area contributed by atoms with Gasteiger partial charge in [-0.05, 0) is 13.0 Å². The fourth-order valence-electron chi connectivity index (χ4n) is 0.439. The van der Waals surface area contributed by atoms with Gasteiger partial charge >= 0.3 is 5.97 Å². The third-order valence-corrected chi connectivity index (χ3v) is 1.15. The van der Waals surface area contributed by atoms with Gasteiger partial charge in [0.25, 0.3) is 0 Å². The first-order chi connectivity index (χ1) is 5.49. The molecule has 0 aromatic heterocycles. The molecule has 0 rings (SSSR count). The molecule has 0 heterocycles. The normalized spacial score (nSPS) is 11.0. The topological polar surface area (TPSA) is 97.5 Å². The zero-order valence-electron chi connectivity index (χ0n) is 6.53. The van der Waals surface area contributed by atoms with Crippen molar-refractivity contribution in [3.8, 4) is 0 Å². The third-order valence-electron chi connectivity index (χ3n) is 1.15. The maximum atomic E-state index is 10.7. The predicted molar refractivity (Wildman–Crippen MR) is 40.5 cm³/mol. The molecule has 0 saturated heterocycles. The summed E-state index contributed by atoms with van der Waals surface area (Å²) in [4.78, 5) is 31.5. The summed E-state index contributed by atoms with van der Waals surface area (Å²) in [5.74, 6) is -2.90. The van der Waals surface area contributed by atoms with Crippen LogP contribution in [0.3, 0.4) is 0 Å². The van der Waals surface area contributed by atoms with Crippen LogP contribution in [0.25, 0.3) is 0 Å². The van der Waals surface area contributed by atoms with Crippen molar-refractivity contribution in [1.82, 2.24) is 0 Å². The lowest BCUT2D eigenvalue weighted by Gasteiger charge is -1.91. The Morgan fingerprint density at radius 1 is 1.42 bits per heavy atom. The van der Waals surface area contributed by atoms with Crippen molar-refractivity contribution >= 4 is 17.5 Å². The number of nitrogens with two attached hydrogens (primary N) is 1. The highest BCUT2D eigenvalue weighted by atomic mass is 16.4. The summed E-state index contributed by atoms with van der Waals surface area (Å²) >= 11 is 0. The quantitative estimate of drug-likeness (QED) is 0.422. The van der Waals surface area contributed by atoms with Crippen LogP contribution in [0.15, 0.2) is 11.6 Å². The van der Waals surface area contributed by atoms with Gasteiger partial charge in [-0.2, -0.15) is 0 Å². The first-order valence-electron chi connectivity index (χ1n) is 3.18. The lowest BCUT2D eigenvalue weighted by molar-refractivity contribution is -0.134. The molecule has 0 radical (unpaired) electrons. The number of hydrogen-bond donors (Lipinski definition) is 2. The SMILES string of the molecule is CC(=CC(=O)C(=O)CN)C(=O)O. The highest BCUT2D eigenvalue weighted by Crippen LogP contribution is 1.92. The van der Waals surface area contributed by atoms with Gasteiger partial charge in [0, 0.05) is 5.57 Å². The van der Waals surface area contributed by atoms with E-state index in [4.69, 9.17) is 10.8 Å². The van der Waals surface area contributed by atoms with Crippen LogP contribution < -0.4 is 5.73 Å². The van der Waals surface area contributed by atoms with Crippen LogP contribution in [0.1, 0.15) is 6.92 Å². The molecule has 66 valence electrons. The number of carboxylic acids is 1. The number of hydrogen-bond acceptors (Lipinski definition) is 4. The second-order valence-electron chi connectivity index (χ2n) is 2.12. The standard InChI is InChI=1S/C7H9NO4/c1-4(7(11)12)2-5(9)6(10)3-8/h2H,3,8H2,1H3,(H,11,12). The van der Waals surface area contributed by atoms with Gasteiger partial charge in [0.05, 0.1) is 6.54 Å². The van der Waals surface area contributed by atoms with Gasteiger partial charge in [0.15, 0.2) is 0 Å². The Bertz CT molecular complexity index is 254. The number of rotatable bonds is 4. The van der Waals surface area contributed by atoms with Gasteiger partial charge in [0.1, 0.15) is 0 Å². The Labute approximate surface area is 68.9 Å². The van der Waals surface area contributed by atoms with Crippen molar-refractivity contribution in [1.29, 1.82) is 0 Å². The summed E-state index contributed by atoms with van der Waals surface area (Å²) < 4.78 is 0. The fraction of sp³-hybridized carbons (Fsp3) is 0.286. The Morgan fingerprint density at radius 2 is 1.92 bits per heavy atom. The number of aliphatic carboxylic acids is 1. The van der Waals surface area contributed by atoms with Crippen LogP contribution >= 0.6 is 0 Å². The van der Waals surface area contributed by atoms with Crippen molar-refractivity contribution in [2.45, 2.75) is 6.92 Å². The van der Waals surface area contributed by atoms with Gasteiger partial charge in [-0.15, -0.1) is 0 Å². The second-order valence-corrected chi connectivity index (χ2v) is 2.12. The van der Waals surface area contributed by atoms with Crippen molar-refractivity contribution in [3.05, 3.63) is 11.6 Å². The summed E-state index contributed by atoms with van der Waals surface area (Å²) in [6.45, 7) is 0.826. The summed E-state index contributed by atoms with van der Waals surface area (Å²) in [6.07, 6.45) is 0.761. The Kier molecular flexibility index (Phi) is 3.85. The summed E-state index contributed by atoms with van der Waals surface area (Å²) in [5, 5.41) is 8.32. The van der Waals surface area contributed by atoms with E-state index in [2.05, 4.69) is 0 Å². The number of carbonyl (C=O) groups is 3. The summed E-state index contributed by atoms with van der Waals surface area (Å²) in [5.41, 5.74) is 4.70.